The van der Waals surface area contributed by atoms with Gasteiger partial charge in [-0.2, -0.15) is 4.98 Å². The Kier molecular flexibility index (Phi) is 4.19. The minimum absolute atomic E-state index is 0.396. The normalized spacial score (nSPS) is 16.9. The number of hydrogen-bond acceptors (Lipinski definition) is 5. The van der Waals surface area contributed by atoms with Crippen LogP contribution in [0.2, 0.25) is 5.02 Å². The van der Waals surface area contributed by atoms with E-state index in [1.165, 1.54) is 0 Å². The van der Waals surface area contributed by atoms with E-state index >= 15 is 0 Å². The Bertz CT molecular complexity index is 845. The van der Waals surface area contributed by atoms with Gasteiger partial charge >= 0.3 is 0 Å². The molecule has 6 heteroatoms. The van der Waals surface area contributed by atoms with E-state index in [9.17, 15) is 0 Å². The number of ether oxygens (including phenoxy) is 1. The number of nitrogens with two attached hydrogens (primary N) is 1. The van der Waals surface area contributed by atoms with Gasteiger partial charge < -0.3 is 15.0 Å². The summed E-state index contributed by atoms with van der Waals surface area (Å²) in [6.45, 7) is 0. The summed E-state index contributed by atoms with van der Waals surface area (Å²) in [5.41, 5.74) is 6.76. The molecule has 1 aliphatic rings. The maximum atomic E-state index is 6.31. The van der Waals surface area contributed by atoms with E-state index in [0.717, 1.165) is 24.8 Å². The molecule has 25 heavy (non-hydrogen) atoms. The highest BCUT2D eigenvalue weighted by atomic mass is 35.5. The number of halogens is 1. The Morgan fingerprint density at radius 3 is 2.44 bits per heavy atom. The van der Waals surface area contributed by atoms with Gasteiger partial charge in [-0.05, 0) is 43.5 Å². The van der Waals surface area contributed by atoms with Crippen molar-refractivity contribution in [2.24, 2.45) is 5.73 Å². The van der Waals surface area contributed by atoms with E-state index in [1.54, 1.807) is 12.1 Å². The number of rotatable bonds is 5. The lowest BCUT2D eigenvalue weighted by Crippen LogP contribution is -2.44. The predicted octanol–water partition coefficient (Wildman–Crippen LogP) is 4.23. The van der Waals surface area contributed by atoms with Crippen LogP contribution in [0.3, 0.4) is 0 Å². The lowest BCUT2D eigenvalue weighted by molar-refractivity contribution is 0.191. The summed E-state index contributed by atoms with van der Waals surface area (Å²) in [7, 11) is 0. The Morgan fingerprint density at radius 2 is 1.80 bits per heavy atom. The molecule has 3 aromatic rings. The Labute approximate surface area is 150 Å². The maximum Gasteiger partial charge on any atom is 0.272 e. The fourth-order valence-corrected chi connectivity index (χ4v) is 2.99. The van der Waals surface area contributed by atoms with Crippen molar-refractivity contribution in [2.75, 3.05) is 0 Å². The van der Waals surface area contributed by atoms with Crippen LogP contribution in [0.5, 0.6) is 5.75 Å². The predicted molar refractivity (Wildman–Crippen MR) is 94.4 cm³/mol. The number of hydrogen-bond donors (Lipinski definition) is 1. The Hall–Kier alpha value is -2.37. The largest absolute Gasteiger partial charge is 0.476 e. The van der Waals surface area contributed by atoms with Crippen molar-refractivity contribution >= 4 is 11.6 Å². The summed E-state index contributed by atoms with van der Waals surface area (Å²) in [4.78, 5) is 4.54. The van der Waals surface area contributed by atoms with Gasteiger partial charge in [-0.25, -0.2) is 0 Å². The van der Waals surface area contributed by atoms with Gasteiger partial charge in [0.1, 0.15) is 5.75 Å². The Balaban J connectivity index is 1.67. The van der Waals surface area contributed by atoms with Crippen LogP contribution < -0.4 is 10.5 Å². The fourth-order valence-electron chi connectivity index (χ4n) is 2.86. The maximum absolute atomic E-state index is 6.31. The third kappa shape index (κ3) is 3.25. The first kappa shape index (κ1) is 16.1. The minimum Gasteiger partial charge on any atom is -0.476 e. The summed E-state index contributed by atoms with van der Waals surface area (Å²) in [6.07, 6.45) is 2.33. The van der Waals surface area contributed by atoms with Gasteiger partial charge in [0.15, 0.2) is 5.82 Å². The van der Waals surface area contributed by atoms with Crippen molar-refractivity contribution in [3.63, 3.8) is 0 Å². The van der Waals surface area contributed by atoms with Crippen molar-refractivity contribution in [1.29, 1.82) is 0 Å². The van der Waals surface area contributed by atoms with Crippen molar-refractivity contribution in [1.82, 2.24) is 10.1 Å². The van der Waals surface area contributed by atoms with Crippen molar-refractivity contribution in [3.8, 4) is 5.75 Å². The van der Waals surface area contributed by atoms with Gasteiger partial charge in [-0.15, -0.1) is 0 Å². The molecule has 0 amide bonds. The van der Waals surface area contributed by atoms with Crippen molar-refractivity contribution in [2.45, 2.75) is 30.9 Å². The number of nitrogens with zero attached hydrogens (tertiary/aromatic N) is 2. The van der Waals surface area contributed by atoms with Gasteiger partial charge in [-0.1, -0.05) is 47.1 Å². The molecule has 1 aliphatic carbocycles. The van der Waals surface area contributed by atoms with Gasteiger partial charge in [0.2, 0.25) is 6.10 Å². The minimum atomic E-state index is -0.507. The van der Waals surface area contributed by atoms with Crippen LogP contribution in [-0.2, 0) is 5.54 Å². The molecule has 1 unspecified atom stereocenters. The second-order valence-electron chi connectivity index (χ2n) is 6.33. The topological polar surface area (TPSA) is 74.2 Å². The molecule has 1 fully saturated rings. The molecule has 1 aromatic heterocycles. The highest BCUT2D eigenvalue weighted by molar-refractivity contribution is 6.30. The van der Waals surface area contributed by atoms with E-state index in [-0.39, 0.29) is 0 Å². The SMILES string of the molecule is NC1(c2noc(C(Oc3ccc(Cl)cc3)c3ccccc3)n2)CCC1. The summed E-state index contributed by atoms with van der Waals surface area (Å²) >= 11 is 5.95. The molecule has 5 nitrogen and oxygen atoms in total. The summed E-state index contributed by atoms with van der Waals surface area (Å²) in [5.74, 6) is 1.62. The zero-order chi connectivity index (χ0) is 17.3. The third-order valence-electron chi connectivity index (χ3n) is 4.53. The van der Waals surface area contributed by atoms with Crippen LogP contribution in [0, 0.1) is 0 Å². The van der Waals surface area contributed by atoms with E-state index in [4.69, 9.17) is 26.6 Å². The molecule has 2 N–H and O–H groups in total. The summed E-state index contributed by atoms with van der Waals surface area (Å²) in [6, 6.07) is 17.0. The smallest absolute Gasteiger partial charge is 0.272 e. The quantitative estimate of drug-likeness (QED) is 0.741. The van der Waals surface area contributed by atoms with Gasteiger partial charge in [0.05, 0.1) is 5.54 Å². The van der Waals surface area contributed by atoms with Crippen LogP contribution in [0.1, 0.15) is 42.6 Å². The third-order valence-corrected chi connectivity index (χ3v) is 4.78. The Morgan fingerprint density at radius 1 is 1.08 bits per heavy atom. The molecule has 0 spiro atoms. The highest BCUT2D eigenvalue weighted by Crippen LogP contribution is 2.38. The molecule has 1 atom stereocenters. The van der Waals surface area contributed by atoms with Gasteiger partial charge in [0, 0.05) is 10.6 Å². The molecule has 1 saturated carbocycles. The zero-order valence-corrected chi connectivity index (χ0v) is 14.3. The van der Waals surface area contributed by atoms with E-state index < -0.39 is 11.6 Å². The van der Waals surface area contributed by atoms with Crippen molar-refractivity contribution in [3.05, 3.63) is 76.9 Å². The first-order valence-corrected chi connectivity index (χ1v) is 8.62. The van der Waals surface area contributed by atoms with Crippen LogP contribution in [0.4, 0.5) is 0 Å². The molecule has 0 aliphatic heterocycles. The second-order valence-corrected chi connectivity index (χ2v) is 6.76. The molecule has 4 rings (SSSR count). The average Bonchev–Trinajstić information content (AvgIpc) is 3.10. The monoisotopic (exact) mass is 355 g/mol. The molecule has 0 radical (unpaired) electrons. The van der Waals surface area contributed by atoms with Crippen molar-refractivity contribution < 1.29 is 9.26 Å². The number of benzene rings is 2. The van der Waals surface area contributed by atoms with Crippen LogP contribution in [-0.4, -0.2) is 10.1 Å². The van der Waals surface area contributed by atoms with Crippen LogP contribution in [0.15, 0.2) is 59.1 Å². The first-order chi connectivity index (χ1) is 12.1. The molecular formula is C19H18ClN3O2. The van der Waals surface area contributed by atoms with E-state index in [0.29, 0.717) is 22.5 Å². The van der Waals surface area contributed by atoms with Crippen LogP contribution >= 0.6 is 11.6 Å². The molecule has 0 bridgehead atoms. The highest BCUT2D eigenvalue weighted by Gasteiger charge is 2.39. The first-order valence-electron chi connectivity index (χ1n) is 8.24. The molecular weight excluding hydrogens is 338 g/mol. The van der Waals surface area contributed by atoms with Crippen LogP contribution in [0.25, 0.3) is 0 Å². The summed E-state index contributed by atoms with van der Waals surface area (Å²) < 4.78 is 11.6. The number of aromatic nitrogens is 2. The lowest BCUT2D eigenvalue weighted by atomic mass is 9.77. The zero-order valence-electron chi connectivity index (χ0n) is 13.6. The lowest BCUT2D eigenvalue weighted by Gasteiger charge is -2.34. The summed E-state index contributed by atoms with van der Waals surface area (Å²) in [5, 5.41) is 4.75. The molecule has 1 heterocycles. The molecule has 0 saturated heterocycles. The fraction of sp³-hybridized carbons (Fsp3) is 0.263. The molecule has 2 aromatic carbocycles. The van der Waals surface area contributed by atoms with E-state index in [2.05, 4.69) is 10.1 Å². The van der Waals surface area contributed by atoms with E-state index in [1.807, 2.05) is 42.5 Å². The average molecular weight is 356 g/mol. The second kappa shape index (κ2) is 6.50. The molecule has 128 valence electrons. The van der Waals surface area contributed by atoms with Gasteiger partial charge in [-0.3, -0.25) is 0 Å². The standard InChI is InChI=1S/C19H18ClN3O2/c20-14-7-9-15(10-8-14)24-16(13-5-2-1-3-6-13)17-22-18(23-25-17)19(21)11-4-12-19/h1-3,5-10,16H,4,11-12,21H2. The van der Waals surface area contributed by atoms with Gasteiger partial charge in [0.25, 0.3) is 5.89 Å².